The van der Waals surface area contributed by atoms with Crippen molar-refractivity contribution in [1.82, 2.24) is 15.4 Å². The summed E-state index contributed by atoms with van der Waals surface area (Å²) >= 11 is 2.01. The topological polar surface area (TPSA) is 120 Å². The van der Waals surface area contributed by atoms with Gasteiger partial charge in [0.25, 0.3) is 5.91 Å². The van der Waals surface area contributed by atoms with Gasteiger partial charge in [0.2, 0.25) is 0 Å². The highest BCUT2D eigenvalue weighted by Crippen LogP contribution is 2.37. The zero-order chi connectivity index (χ0) is 16.3. The van der Waals surface area contributed by atoms with Crippen LogP contribution in [0, 0.1) is 3.57 Å². The number of rotatable bonds is 5. The Labute approximate surface area is 139 Å². The van der Waals surface area contributed by atoms with Gasteiger partial charge in [0.1, 0.15) is 5.69 Å². The molecular formula is C13H13IN4O4. The summed E-state index contributed by atoms with van der Waals surface area (Å²) in [5.41, 5.74) is 6.17. The zero-order valence-corrected chi connectivity index (χ0v) is 14.0. The molecule has 1 heterocycles. The average molecular weight is 416 g/mol. The summed E-state index contributed by atoms with van der Waals surface area (Å²) in [6, 6.07) is 3.32. The van der Waals surface area contributed by atoms with Gasteiger partial charge in [-0.15, -0.1) is 0 Å². The third-order valence-electron chi connectivity index (χ3n) is 2.61. The Kier molecular flexibility index (Phi) is 4.96. The molecule has 1 aromatic heterocycles. The minimum absolute atomic E-state index is 0.0264. The first-order chi connectivity index (χ1) is 10.4. The fourth-order valence-electron chi connectivity index (χ4n) is 1.81. The average Bonchev–Trinajstić information content (AvgIpc) is 2.91. The van der Waals surface area contributed by atoms with Crippen molar-refractivity contribution in [3.05, 3.63) is 21.4 Å². The van der Waals surface area contributed by atoms with E-state index in [0.29, 0.717) is 32.9 Å². The van der Waals surface area contributed by atoms with E-state index in [1.54, 1.807) is 12.1 Å². The molecule has 0 radical (unpaired) electrons. The van der Waals surface area contributed by atoms with Crippen molar-refractivity contribution in [3.63, 3.8) is 0 Å². The van der Waals surface area contributed by atoms with Crippen LogP contribution in [0.3, 0.4) is 0 Å². The molecule has 9 heteroatoms. The maximum atomic E-state index is 11.4. The number of H-pyrrole nitrogens is 1. The second-order valence-corrected chi connectivity index (χ2v) is 5.36. The van der Waals surface area contributed by atoms with Crippen molar-refractivity contribution in [1.29, 1.82) is 0 Å². The summed E-state index contributed by atoms with van der Waals surface area (Å²) in [7, 11) is 0. The third kappa shape index (κ3) is 3.35. The van der Waals surface area contributed by atoms with Crippen molar-refractivity contribution < 1.29 is 19.1 Å². The van der Waals surface area contributed by atoms with Crippen LogP contribution in [0.5, 0.6) is 11.5 Å². The molecule has 3 N–H and O–H groups in total. The number of esters is 1. The Morgan fingerprint density at radius 2 is 2.09 bits per heavy atom. The largest absolute Gasteiger partial charge is 0.490 e. The second-order valence-electron chi connectivity index (χ2n) is 4.20. The van der Waals surface area contributed by atoms with Crippen LogP contribution in [0.1, 0.15) is 24.3 Å². The number of hydrogen-bond acceptors (Lipinski definition) is 6. The number of nitrogens with one attached hydrogen (secondary N) is 1. The van der Waals surface area contributed by atoms with Crippen molar-refractivity contribution in [2.45, 2.75) is 13.8 Å². The van der Waals surface area contributed by atoms with Crippen LogP contribution in [-0.2, 0) is 4.79 Å². The van der Waals surface area contributed by atoms with Gasteiger partial charge in [0.05, 0.1) is 10.2 Å². The summed E-state index contributed by atoms with van der Waals surface area (Å²) in [6.45, 7) is 3.50. The molecule has 0 aliphatic carbocycles. The van der Waals surface area contributed by atoms with E-state index < -0.39 is 11.9 Å². The van der Waals surface area contributed by atoms with Crippen LogP contribution < -0.4 is 15.2 Å². The lowest BCUT2D eigenvalue weighted by Gasteiger charge is -2.13. The summed E-state index contributed by atoms with van der Waals surface area (Å²) in [4.78, 5) is 22.6. The predicted octanol–water partition coefficient (Wildman–Crippen LogP) is 1.50. The number of nitrogens with two attached hydrogens (primary N) is 1. The fraction of sp³-hybridized carbons (Fsp3) is 0.231. The van der Waals surface area contributed by atoms with Crippen LogP contribution in [0.2, 0.25) is 0 Å². The molecule has 0 saturated heterocycles. The number of amides is 1. The maximum absolute atomic E-state index is 11.4. The number of ether oxygens (including phenoxy) is 2. The standard InChI is InChI=1S/C13H13IN4O4/c1-3-21-9-5-7(4-8(14)12(9)22-6(2)19)10-11(13(15)20)17-18-16-10/h4-5H,3H2,1-2H3,(H2,15,20)(H,16,17,18). The van der Waals surface area contributed by atoms with Crippen molar-refractivity contribution in [2.24, 2.45) is 5.73 Å². The Balaban J connectivity index is 2.56. The van der Waals surface area contributed by atoms with E-state index in [1.165, 1.54) is 6.92 Å². The Morgan fingerprint density at radius 3 is 2.68 bits per heavy atom. The number of nitrogens with zero attached hydrogens (tertiary/aromatic N) is 2. The molecular weight excluding hydrogens is 403 g/mol. The molecule has 116 valence electrons. The molecule has 0 aliphatic heterocycles. The minimum atomic E-state index is -0.694. The summed E-state index contributed by atoms with van der Waals surface area (Å²) < 4.78 is 11.3. The first-order valence-corrected chi connectivity index (χ1v) is 7.37. The van der Waals surface area contributed by atoms with Crippen molar-refractivity contribution >= 4 is 34.5 Å². The van der Waals surface area contributed by atoms with Crippen LogP contribution >= 0.6 is 22.6 Å². The quantitative estimate of drug-likeness (QED) is 0.433. The lowest BCUT2D eigenvalue weighted by atomic mass is 10.1. The van der Waals surface area contributed by atoms with Crippen LogP contribution in [0.25, 0.3) is 11.3 Å². The smallest absolute Gasteiger partial charge is 0.308 e. The van der Waals surface area contributed by atoms with Crippen LogP contribution in [0.4, 0.5) is 0 Å². The lowest BCUT2D eigenvalue weighted by molar-refractivity contribution is -0.132. The first kappa shape index (κ1) is 16.2. The molecule has 0 bridgehead atoms. The number of primary amides is 1. The highest BCUT2D eigenvalue weighted by Gasteiger charge is 2.20. The van der Waals surface area contributed by atoms with Gasteiger partial charge in [-0.3, -0.25) is 9.59 Å². The second kappa shape index (κ2) is 6.73. The van der Waals surface area contributed by atoms with Gasteiger partial charge in [-0.25, -0.2) is 0 Å². The fourth-order valence-corrected chi connectivity index (χ4v) is 2.53. The highest BCUT2D eigenvalue weighted by molar-refractivity contribution is 14.1. The van der Waals surface area contributed by atoms with Gasteiger partial charge in [-0.2, -0.15) is 15.4 Å². The number of hydrogen-bond donors (Lipinski definition) is 2. The molecule has 0 atom stereocenters. The van der Waals surface area contributed by atoms with Crippen LogP contribution in [-0.4, -0.2) is 33.9 Å². The molecule has 0 aliphatic rings. The number of aromatic nitrogens is 3. The van der Waals surface area contributed by atoms with Gasteiger partial charge in [0.15, 0.2) is 17.2 Å². The Bertz CT molecular complexity index is 729. The number of benzene rings is 1. The highest BCUT2D eigenvalue weighted by atomic mass is 127. The molecule has 22 heavy (non-hydrogen) atoms. The maximum Gasteiger partial charge on any atom is 0.308 e. The minimum Gasteiger partial charge on any atom is -0.490 e. The molecule has 0 spiro atoms. The van der Waals surface area contributed by atoms with E-state index in [4.69, 9.17) is 15.2 Å². The van der Waals surface area contributed by atoms with Gasteiger partial charge in [0, 0.05) is 12.5 Å². The van der Waals surface area contributed by atoms with E-state index in [1.807, 2.05) is 29.5 Å². The van der Waals surface area contributed by atoms with Gasteiger partial charge in [-0.1, -0.05) is 0 Å². The first-order valence-electron chi connectivity index (χ1n) is 6.29. The van der Waals surface area contributed by atoms with Crippen molar-refractivity contribution in [3.8, 4) is 22.8 Å². The summed E-state index contributed by atoms with van der Waals surface area (Å²) in [5, 5.41) is 10.0. The summed E-state index contributed by atoms with van der Waals surface area (Å²) in [6.07, 6.45) is 0. The Hall–Kier alpha value is -2.17. The molecule has 0 saturated carbocycles. The number of aromatic amines is 1. The lowest BCUT2D eigenvalue weighted by Crippen LogP contribution is -2.13. The van der Waals surface area contributed by atoms with Gasteiger partial charge in [-0.05, 0) is 41.6 Å². The number of carbonyl (C=O) groups is 2. The molecule has 1 aromatic carbocycles. The van der Waals surface area contributed by atoms with E-state index in [2.05, 4.69) is 15.4 Å². The van der Waals surface area contributed by atoms with Gasteiger partial charge >= 0.3 is 5.97 Å². The van der Waals surface area contributed by atoms with E-state index >= 15 is 0 Å². The Morgan fingerprint density at radius 1 is 1.36 bits per heavy atom. The summed E-state index contributed by atoms with van der Waals surface area (Å²) in [5.74, 6) is -0.451. The SMILES string of the molecule is CCOc1cc(-c2n[nH]nc2C(N)=O)cc(I)c1OC(C)=O. The van der Waals surface area contributed by atoms with Gasteiger partial charge < -0.3 is 15.2 Å². The molecule has 0 unspecified atom stereocenters. The van der Waals surface area contributed by atoms with Crippen molar-refractivity contribution in [2.75, 3.05) is 6.61 Å². The molecule has 2 aromatic rings. The van der Waals surface area contributed by atoms with E-state index in [-0.39, 0.29) is 5.69 Å². The van der Waals surface area contributed by atoms with E-state index in [0.717, 1.165) is 0 Å². The molecule has 2 rings (SSSR count). The third-order valence-corrected chi connectivity index (χ3v) is 3.41. The monoisotopic (exact) mass is 416 g/mol. The normalized spacial score (nSPS) is 10.3. The molecule has 1 amide bonds. The number of halogens is 1. The predicted molar refractivity (Wildman–Crippen MR) is 85.5 cm³/mol. The molecule has 0 fully saturated rings. The number of carbonyl (C=O) groups excluding carboxylic acids is 2. The zero-order valence-electron chi connectivity index (χ0n) is 11.8. The molecule has 8 nitrogen and oxygen atoms in total. The van der Waals surface area contributed by atoms with E-state index in [9.17, 15) is 9.59 Å². The van der Waals surface area contributed by atoms with Crippen LogP contribution in [0.15, 0.2) is 12.1 Å².